The summed E-state index contributed by atoms with van der Waals surface area (Å²) in [6.07, 6.45) is 0.812. The molecule has 0 aliphatic carbocycles. The Kier molecular flexibility index (Phi) is 8.34. The molecule has 0 spiro atoms. The molecule has 0 fully saturated rings. The first-order chi connectivity index (χ1) is 13.5. The maximum absolute atomic E-state index is 11.8. The summed E-state index contributed by atoms with van der Waals surface area (Å²) < 4.78 is 0. The Morgan fingerprint density at radius 1 is 1.04 bits per heavy atom. The third-order valence-electron chi connectivity index (χ3n) is 4.34. The maximum Gasteiger partial charge on any atom is 0.251 e. The van der Waals surface area contributed by atoms with Gasteiger partial charge in [-0.25, -0.2) is 4.99 Å². The number of carbonyl (C=O) groups excluding carboxylic acids is 1. The van der Waals surface area contributed by atoms with Gasteiger partial charge in [-0.1, -0.05) is 24.3 Å². The molecule has 2 rings (SSSR count). The van der Waals surface area contributed by atoms with Crippen LogP contribution in [0.25, 0.3) is 0 Å². The number of nitrogens with one attached hydrogen (secondary N) is 3. The number of hydrogen-bond acceptors (Lipinski definition) is 3. The summed E-state index contributed by atoms with van der Waals surface area (Å²) in [4.78, 5) is 18.5. The molecule has 0 aliphatic rings. The zero-order valence-corrected chi connectivity index (χ0v) is 17.2. The Hall–Kier alpha value is -3.02. The molecule has 0 atom stereocenters. The molecular weight excluding hydrogens is 350 g/mol. The van der Waals surface area contributed by atoms with E-state index in [1.807, 2.05) is 38.4 Å². The van der Waals surface area contributed by atoms with Gasteiger partial charge in [0.25, 0.3) is 5.91 Å². The van der Waals surface area contributed by atoms with Crippen LogP contribution in [0, 0.1) is 0 Å². The van der Waals surface area contributed by atoms with Gasteiger partial charge < -0.3 is 20.9 Å². The molecule has 6 nitrogen and oxygen atoms in total. The molecule has 6 heteroatoms. The Morgan fingerprint density at radius 2 is 1.79 bits per heavy atom. The summed E-state index contributed by atoms with van der Waals surface area (Å²) in [5.41, 5.74) is 4.14. The van der Waals surface area contributed by atoms with Crippen molar-refractivity contribution in [1.82, 2.24) is 16.0 Å². The topological polar surface area (TPSA) is 68.8 Å². The first-order valence-electron chi connectivity index (χ1n) is 9.63. The molecule has 2 aromatic carbocycles. The van der Waals surface area contributed by atoms with Crippen LogP contribution in [0.4, 0.5) is 5.69 Å². The minimum Gasteiger partial charge on any atom is -0.378 e. The molecule has 0 bridgehead atoms. The lowest BCUT2D eigenvalue weighted by atomic mass is 10.1. The van der Waals surface area contributed by atoms with E-state index in [0.717, 1.165) is 31.0 Å². The molecule has 150 valence electrons. The van der Waals surface area contributed by atoms with E-state index in [-0.39, 0.29) is 5.91 Å². The van der Waals surface area contributed by atoms with Crippen LogP contribution in [-0.4, -0.2) is 46.1 Å². The average Bonchev–Trinajstić information content (AvgIpc) is 2.72. The van der Waals surface area contributed by atoms with E-state index in [0.29, 0.717) is 12.1 Å². The van der Waals surface area contributed by atoms with Crippen molar-refractivity contribution in [2.45, 2.75) is 19.9 Å². The second-order valence-corrected chi connectivity index (χ2v) is 6.71. The lowest BCUT2D eigenvalue weighted by Crippen LogP contribution is -2.38. The molecular formula is C22H31N5O. The number of hydrogen-bond donors (Lipinski definition) is 3. The molecule has 0 aliphatic heterocycles. The smallest absolute Gasteiger partial charge is 0.251 e. The summed E-state index contributed by atoms with van der Waals surface area (Å²) in [5, 5.41) is 9.29. The monoisotopic (exact) mass is 381 g/mol. The number of carbonyl (C=O) groups is 1. The Balaban J connectivity index is 1.91. The lowest BCUT2D eigenvalue weighted by molar-refractivity contribution is 0.0963. The van der Waals surface area contributed by atoms with Crippen molar-refractivity contribution in [2.24, 2.45) is 4.99 Å². The van der Waals surface area contributed by atoms with E-state index >= 15 is 0 Å². The molecule has 0 unspecified atom stereocenters. The molecule has 0 saturated carbocycles. The summed E-state index contributed by atoms with van der Waals surface area (Å²) in [6, 6.07) is 16.1. The largest absolute Gasteiger partial charge is 0.378 e. The van der Waals surface area contributed by atoms with Crippen molar-refractivity contribution in [3.05, 3.63) is 65.2 Å². The van der Waals surface area contributed by atoms with Crippen LogP contribution in [0.15, 0.2) is 53.5 Å². The first-order valence-corrected chi connectivity index (χ1v) is 9.63. The molecule has 2 aromatic rings. The molecule has 0 heterocycles. The minimum absolute atomic E-state index is 0.0648. The number of benzene rings is 2. The van der Waals surface area contributed by atoms with Gasteiger partial charge in [-0.05, 0) is 48.7 Å². The normalized spacial score (nSPS) is 11.1. The van der Waals surface area contributed by atoms with E-state index in [1.165, 1.54) is 11.3 Å². The van der Waals surface area contributed by atoms with Gasteiger partial charge in [0.2, 0.25) is 0 Å². The first kappa shape index (κ1) is 21.3. The third kappa shape index (κ3) is 6.61. The minimum atomic E-state index is -0.0648. The number of guanidine groups is 1. The van der Waals surface area contributed by atoms with Crippen molar-refractivity contribution in [1.29, 1.82) is 0 Å². The summed E-state index contributed by atoms with van der Waals surface area (Å²) in [5.74, 6) is 0.728. The van der Waals surface area contributed by atoms with Gasteiger partial charge in [0.05, 0.1) is 6.54 Å². The number of aliphatic imine (C=N–C) groups is 1. The highest BCUT2D eigenvalue weighted by Crippen LogP contribution is 2.12. The van der Waals surface area contributed by atoms with E-state index in [4.69, 9.17) is 0 Å². The fraction of sp³-hybridized carbons (Fsp3) is 0.364. The number of nitrogens with zero attached hydrogens (tertiary/aromatic N) is 2. The number of amides is 1. The van der Waals surface area contributed by atoms with Gasteiger partial charge >= 0.3 is 0 Å². The van der Waals surface area contributed by atoms with E-state index < -0.39 is 0 Å². The van der Waals surface area contributed by atoms with Gasteiger partial charge in [0.15, 0.2) is 5.96 Å². The molecule has 3 N–H and O–H groups in total. The van der Waals surface area contributed by atoms with Gasteiger partial charge in [0, 0.05) is 45.5 Å². The highest BCUT2D eigenvalue weighted by molar-refractivity contribution is 5.94. The van der Waals surface area contributed by atoms with E-state index in [1.54, 1.807) is 7.05 Å². The van der Waals surface area contributed by atoms with Gasteiger partial charge in [-0.3, -0.25) is 4.79 Å². The zero-order chi connectivity index (χ0) is 20.4. The van der Waals surface area contributed by atoms with Crippen LogP contribution in [0.3, 0.4) is 0 Å². The predicted molar refractivity (Wildman–Crippen MR) is 117 cm³/mol. The van der Waals surface area contributed by atoms with Crippen molar-refractivity contribution < 1.29 is 4.79 Å². The van der Waals surface area contributed by atoms with Crippen LogP contribution >= 0.6 is 0 Å². The Morgan fingerprint density at radius 3 is 2.43 bits per heavy atom. The summed E-state index contributed by atoms with van der Waals surface area (Å²) in [7, 11) is 5.71. The average molecular weight is 382 g/mol. The fourth-order valence-electron chi connectivity index (χ4n) is 2.75. The molecule has 0 saturated heterocycles. The van der Waals surface area contributed by atoms with Crippen molar-refractivity contribution in [3.63, 3.8) is 0 Å². The quantitative estimate of drug-likeness (QED) is 0.485. The third-order valence-corrected chi connectivity index (χ3v) is 4.34. The second-order valence-electron chi connectivity index (χ2n) is 6.71. The highest BCUT2D eigenvalue weighted by Gasteiger charge is 2.04. The molecule has 1 amide bonds. The highest BCUT2D eigenvalue weighted by atomic mass is 16.1. The summed E-state index contributed by atoms with van der Waals surface area (Å²) >= 11 is 0. The Bertz CT molecular complexity index is 784. The van der Waals surface area contributed by atoms with Crippen LogP contribution in [0.1, 0.15) is 28.4 Å². The molecule has 28 heavy (non-hydrogen) atoms. The van der Waals surface area contributed by atoms with Gasteiger partial charge in [0.1, 0.15) is 0 Å². The molecule has 0 aromatic heterocycles. The zero-order valence-electron chi connectivity index (χ0n) is 17.2. The standard InChI is InChI=1S/C22H31N5O/c1-5-24-22(26-16-18-9-11-20(12-10-18)27(3)4)25-14-13-17-7-6-8-19(15-17)21(28)23-2/h6-12,15H,5,13-14,16H2,1-4H3,(H,23,28)(H2,24,25,26). The fourth-order valence-corrected chi connectivity index (χ4v) is 2.75. The Labute approximate surface area is 168 Å². The SMILES string of the molecule is CCNC(=NCc1ccc(N(C)C)cc1)NCCc1cccc(C(=O)NC)c1. The van der Waals surface area contributed by atoms with Crippen LogP contribution in [0.2, 0.25) is 0 Å². The predicted octanol–water partition coefficient (Wildman–Crippen LogP) is 2.41. The van der Waals surface area contributed by atoms with Crippen LogP contribution < -0.4 is 20.9 Å². The number of rotatable bonds is 8. The van der Waals surface area contributed by atoms with Crippen molar-refractivity contribution in [3.8, 4) is 0 Å². The van der Waals surface area contributed by atoms with Crippen LogP contribution in [0.5, 0.6) is 0 Å². The van der Waals surface area contributed by atoms with E-state index in [2.05, 4.69) is 57.0 Å². The van der Waals surface area contributed by atoms with Crippen LogP contribution in [-0.2, 0) is 13.0 Å². The van der Waals surface area contributed by atoms with Crippen molar-refractivity contribution >= 4 is 17.6 Å². The van der Waals surface area contributed by atoms with Crippen molar-refractivity contribution in [2.75, 3.05) is 39.1 Å². The lowest BCUT2D eigenvalue weighted by Gasteiger charge is -2.13. The summed E-state index contributed by atoms with van der Waals surface area (Å²) in [6.45, 7) is 4.21. The van der Waals surface area contributed by atoms with E-state index in [9.17, 15) is 4.79 Å². The second kappa shape index (κ2) is 11.0. The van der Waals surface area contributed by atoms with Gasteiger partial charge in [-0.15, -0.1) is 0 Å². The molecule has 0 radical (unpaired) electrons. The van der Waals surface area contributed by atoms with Gasteiger partial charge in [-0.2, -0.15) is 0 Å². The number of anilines is 1. The maximum atomic E-state index is 11.8.